The van der Waals surface area contributed by atoms with Crippen LogP contribution in [0.5, 0.6) is 5.75 Å². The smallest absolute Gasteiger partial charge is 0.328 e. The normalized spacial score (nSPS) is 15.6. The van der Waals surface area contributed by atoms with E-state index in [9.17, 15) is 9.59 Å². The number of furan rings is 1. The summed E-state index contributed by atoms with van der Waals surface area (Å²) in [5.74, 6) is 1.46. The third kappa shape index (κ3) is 7.24. The molecule has 0 fully saturated rings. The minimum atomic E-state index is -0.658. The van der Waals surface area contributed by atoms with E-state index < -0.39 is 12.0 Å². The fourth-order valence-electron chi connectivity index (χ4n) is 4.06. The van der Waals surface area contributed by atoms with Crippen molar-refractivity contribution < 1.29 is 23.5 Å². The lowest BCUT2D eigenvalue weighted by atomic mass is 9.93. The van der Waals surface area contributed by atoms with E-state index in [-0.39, 0.29) is 5.91 Å². The fraction of sp³-hybridized carbons (Fsp3) is 0.481. The van der Waals surface area contributed by atoms with Gasteiger partial charge < -0.3 is 18.8 Å². The van der Waals surface area contributed by atoms with Crippen molar-refractivity contribution in [2.24, 2.45) is 5.92 Å². The van der Waals surface area contributed by atoms with Gasteiger partial charge in [0, 0.05) is 19.0 Å². The van der Waals surface area contributed by atoms with Crippen LogP contribution in [0.15, 0.2) is 47.1 Å². The molecule has 2 heterocycles. The molecule has 1 atom stereocenters. The first kappa shape index (κ1) is 24.6. The van der Waals surface area contributed by atoms with Crippen molar-refractivity contribution >= 4 is 18.0 Å². The molecular weight excluding hydrogens is 418 g/mol. The van der Waals surface area contributed by atoms with Gasteiger partial charge in [-0.25, -0.2) is 4.79 Å². The van der Waals surface area contributed by atoms with Crippen molar-refractivity contribution in [1.82, 2.24) is 4.90 Å². The van der Waals surface area contributed by atoms with Gasteiger partial charge in [-0.15, -0.1) is 0 Å². The summed E-state index contributed by atoms with van der Waals surface area (Å²) in [5.41, 5.74) is 2.02. The van der Waals surface area contributed by atoms with E-state index in [0.29, 0.717) is 25.3 Å². The first-order valence-electron chi connectivity index (χ1n) is 11.8. The lowest BCUT2D eigenvalue weighted by Gasteiger charge is -2.34. The maximum Gasteiger partial charge on any atom is 0.328 e. The summed E-state index contributed by atoms with van der Waals surface area (Å²) >= 11 is 0. The molecule has 0 bridgehead atoms. The summed E-state index contributed by atoms with van der Waals surface area (Å²) < 4.78 is 16.2. The third-order valence-corrected chi connectivity index (χ3v) is 5.94. The summed E-state index contributed by atoms with van der Waals surface area (Å²) in [4.78, 5) is 26.9. The van der Waals surface area contributed by atoms with Gasteiger partial charge in [-0.2, -0.15) is 0 Å². The number of carbonyl (C=O) groups is 2. The van der Waals surface area contributed by atoms with Crippen LogP contribution in [0.1, 0.15) is 62.8 Å². The highest BCUT2D eigenvalue weighted by molar-refractivity contribution is 5.94. The van der Waals surface area contributed by atoms with Crippen LogP contribution in [-0.2, 0) is 27.3 Å². The number of amides is 1. The van der Waals surface area contributed by atoms with Gasteiger partial charge in [-0.3, -0.25) is 4.79 Å². The molecule has 1 aromatic carbocycles. The number of rotatable bonds is 11. The van der Waals surface area contributed by atoms with E-state index in [1.807, 2.05) is 18.2 Å². The topological polar surface area (TPSA) is 69.0 Å². The maximum atomic E-state index is 12.9. The highest BCUT2D eigenvalue weighted by Gasteiger charge is 2.34. The molecule has 6 heteroatoms. The Morgan fingerprint density at radius 1 is 1.15 bits per heavy atom. The molecule has 1 aliphatic rings. The number of carbonyl (C=O) groups excluding carboxylic acids is 2. The van der Waals surface area contributed by atoms with Crippen LogP contribution in [0.25, 0.3) is 6.08 Å². The summed E-state index contributed by atoms with van der Waals surface area (Å²) in [6, 6.07) is 8.78. The Morgan fingerprint density at radius 2 is 1.97 bits per heavy atom. The predicted octanol–water partition coefficient (Wildman–Crippen LogP) is 5.40. The van der Waals surface area contributed by atoms with Gasteiger partial charge >= 0.3 is 5.97 Å². The average Bonchev–Trinajstić information content (AvgIpc) is 3.34. The van der Waals surface area contributed by atoms with E-state index in [2.05, 4.69) is 13.8 Å². The number of fused-ring (bicyclic) bond motifs is 1. The number of ether oxygens (including phenoxy) is 2. The van der Waals surface area contributed by atoms with Gasteiger partial charge in [0.25, 0.3) is 0 Å². The van der Waals surface area contributed by atoms with E-state index in [0.717, 1.165) is 29.2 Å². The molecule has 0 spiro atoms. The van der Waals surface area contributed by atoms with Gasteiger partial charge in [0.1, 0.15) is 17.6 Å². The lowest BCUT2D eigenvalue weighted by molar-refractivity contribution is -0.152. The van der Waals surface area contributed by atoms with Gasteiger partial charge in [-0.1, -0.05) is 45.6 Å². The van der Waals surface area contributed by atoms with Crippen LogP contribution >= 0.6 is 0 Å². The number of methoxy groups -OCH3 is 1. The van der Waals surface area contributed by atoms with E-state index in [1.54, 1.807) is 29.4 Å². The fourth-order valence-corrected chi connectivity index (χ4v) is 4.06. The Labute approximate surface area is 196 Å². The molecule has 2 aromatic rings. The number of nitrogens with zero attached hydrogens (tertiary/aromatic N) is 1. The Kier molecular flexibility index (Phi) is 9.16. The lowest BCUT2D eigenvalue weighted by Crippen LogP contribution is -2.48. The zero-order chi connectivity index (χ0) is 23.6. The molecule has 0 aliphatic carbocycles. The van der Waals surface area contributed by atoms with Crippen molar-refractivity contribution in [1.29, 1.82) is 0 Å². The standard InChI is InChI=1S/C27H35NO5/c1-20(2)9-6-4-5-7-15-33-24-12-11-21-18-25(27(30)31-3)28(19-22(21)17-24)26(29)14-13-23-10-8-16-32-23/h8,10-14,16-17,20,25H,4-7,9,15,18-19H2,1-3H3/b14-13+/t25-/m0/s1. The molecule has 6 nitrogen and oxygen atoms in total. The number of hydrogen-bond acceptors (Lipinski definition) is 5. The highest BCUT2D eigenvalue weighted by atomic mass is 16.5. The first-order chi connectivity index (χ1) is 16.0. The van der Waals surface area contributed by atoms with Gasteiger partial charge in [0.15, 0.2) is 0 Å². The van der Waals surface area contributed by atoms with Crippen molar-refractivity contribution in [2.45, 2.75) is 65.0 Å². The second-order valence-electron chi connectivity index (χ2n) is 8.93. The third-order valence-electron chi connectivity index (χ3n) is 5.94. The van der Waals surface area contributed by atoms with Crippen LogP contribution in [0.2, 0.25) is 0 Å². The second kappa shape index (κ2) is 12.3. The van der Waals surface area contributed by atoms with Gasteiger partial charge in [0.2, 0.25) is 5.91 Å². The van der Waals surface area contributed by atoms with Crippen LogP contribution in [0.4, 0.5) is 0 Å². The van der Waals surface area contributed by atoms with Crippen molar-refractivity contribution in [3.8, 4) is 5.75 Å². The van der Waals surface area contributed by atoms with Crippen molar-refractivity contribution in [2.75, 3.05) is 13.7 Å². The molecule has 0 unspecified atom stereocenters. The Bertz CT molecular complexity index is 932. The predicted molar refractivity (Wildman–Crippen MR) is 128 cm³/mol. The molecular formula is C27H35NO5. The van der Waals surface area contributed by atoms with E-state index in [4.69, 9.17) is 13.9 Å². The van der Waals surface area contributed by atoms with Crippen LogP contribution in [0, 0.1) is 5.92 Å². The van der Waals surface area contributed by atoms with Crippen LogP contribution in [-0.4, -0.2) is 36.5 Å². The Balaban J connectivity index is 1.61. The number of unbranched alkanes of at least 4 members (excludes halogenated alkanes) is 3. The minimum Gasteiger partial charge on any atom is -0.494 e. The molecule has 1 aliphatic heterocycles. The molecule has 33 heavy (non-hydrogen) atoms. The molecule has 0 saturated carbocycles. The van der Waals surface area contributed by atoms with E-state index >= 15 is 0 Å². The zero-order valence-corrected chi connectivity index (χ0v) is 19.9. The molecule has 3 rings (SSSR count). The van der Waals surface area contributed by atoms with E-state index in [1.165, 1.54) is 38.9 Å². The summed E-state index contributed by atoms with van der Waals surface area (Å²) in [6.45, 7) is 5.52. The summed E-state index contributed by atoms with van der Waals surface area (Å²) in [6.07, 6.45) is 11.0. The largest absolute Gasteiger partial charge is 0.494 e. The van der Waals surface area contributed by atoms with Crippen LogP contribution < -0.4 is 4.74 Å². The Hall–Kier alpha value is -3.02. The second-order valence-corrected chi connectivity index (χ2v) is 8.93. The van der Waals surface area contributed by atoms with Crippen LogP contribution in [0.3, 0.4) is 0 Å². The molecule has 0 radical (unpaired) electrons. The molecule has 178 valence electrons. The van der Waals surface area contributed by atoms with Gasteiger partial charge in [-0.05, 0) is 53.8 Å². The minimum absolute atomic E-state index is 0.264. The molecule has 1 amide bonds. The zero-order valence-electron chi connectivity index (χ0n) is 19.9. The molecule has 0 saturated heterocycles. The molecule has 1 aromatic heterocycles. The summed E-state index contributed by atoms with van der Waals surface area (Å²) in [7, 11) is 1.35. The highest BCUT2D eigenvalue weighted by Crippen LogP contribution is 2.28. The number of esters is 1. The van der Waals surface area contributed by atoms with Crippen molar-refractivity contribution in [3.63, 3.8) is 0 Å². The van der Waals surface area contributed by atoms with Gasteiger partial charge in [0.05, 0.1) is 20.0 Å². The quantitative estimate of drug-likeness (QED) is 0.259. The SMILES string of the molecule is COC(=O)[C@@H]1Cc2ccc(OCCCCCCC(C)C)cc2CN1C(=O)/C=C/c1ccco1. The monoisotopic (exact) mass is 453 g/mol. The average molecular weight is 454 g/mol. The number of hydrogen-bond donors (Lipinski definition) is 0. The first-order valence-corrected chi connectivity index (χ1v) is 11.8. The Morgan fingerprint density at radius 3 is 2.70 bits per heavy atom. The molecule has 0 N–H and O–H groups in total. The van der Waals surface area contributed by atoms with Crippen molar-refractivity contribution in [3.05, 3.63) is 59.6 Å². The summed E-state index contributed by atoms with van der Waals surface area (Å²) in [5, 5.41) is 0. The number of benzene rings is 1. The maximum absolute atomic E-state index is 12.9.